The molecule has 1 fully saturated rings. The quantitative estimate of drug-likeness (QED) is 0.850. The summed E-state index contributed by atoms with van der Waals surface area (Å²) in [6, 6.07) is 9.26. The van der Waals surface area contributed by atoms with Crippen LogP contribution in [-0.2, 0) is 0 Å². The van der Waals surface area contributed by atoms with Gasteiger partial charge in [-0.1, -0.05) is 6.07 Å². The molecule has 1 aromatic heterocycles. The molecule has 98 valence electrons. The number of nitrogens with one attached hydrogen (secondary N) is 1. The fourth-order valence-electron chi connectivity index (χ4n) is 2.44. The lowest BCUT2D eigenvalue weighted by atomic mass is 10.1. The number of carbonyl (C=O) groups is 1. The average Bonchev–Trinajstić information content (AvgIpc) is 2.47. The number of anilines is 1. The second kappa shape index (κ2) is 4.85. The summed E-state index contributed by atoms with van der Waals surface area (Å²) in [5, 5.41) is 13.3. The number of carboxylic acid groups (broad SMARTS) is 1. The molecule has 2 N–H and O–H groups in total. The van der Waals surface area contributed by atoms with Crippen LogP contribution < -0.4 is 10.2 Å². The molecule has 0 bridgehead atoms. The lowest BCUT2D eigenvalue weighted by Gasteiger charge is -2.30. The van der Waals surface area contributed by atoms with Crippen LogP contribution in [0.25, 0.3) is 10.9 Å². The van der Waals surface area contributed by atoms with E-state index >= 15 is 0 Å². The van der Waals surface area contributed by atoms with Crippen molar-refractivity contribution in [1.82, 2.24) is 10.3 Å². The molecule has 19 heavy (non-hydrogen) atoms. The summed E-state index contributed by atoms with van der Waals surface area (Å²) >= 11 is 0. The van der Waals surface area contributed by atoms with Crippen LogP contribution in [0.3, 0.4) is 0 Å². The minimum atomic E-state index is -0.991. The second-order valence-corrected chi connectivity index (χ2v) is 4.58. The van der Waals surface area contributed by atoms with Gasteiger partial charge in [-0.25, -0.2) is 9.78 Å². The Morgan fingerprint density at radius 1 is 1.21 bits per heavy atom. The van der Waals surface area contributed by atoms with E-state index in [4.69, 9.17) is 5.11 Å². The predicted octanol–water partition coefficient (Wildman–Crippen LogP) is 1.34. The van der Waals surface area contributed by atoms with Gasteiger partial charge in [-0.2, -0.15) is 0 Å². The number of fused-ring (bicyclic) bond motifs is 1. The van der Waals surface area contributed by atoms with Gasteiger partial charge >= 0.3 is 5.97 Å². The average molecular weight is 257 g/mol. The molecular weight excluding hydrogens is 242 g/mol. The molecular formula is C14H15N3O2. The summed E-state index contributed by atoms with van der Waals surface area (Å²) in [7, 11) is 0. The zero-order valence-corrected chi connectivity index (χ0v) is 10.5. The molecule has 0 spiro atoms. The smallest absolute Gasteiger partial charge is 0.354 e. The van der Waals surface area contributed by atoms with E-state index in [0.717, 1.165) is 42.8 Å². The molecule has 0 radical (unpaired) electrons. The first kappa shape index (κ1) is 11.9. The highest BCUT2D eigenvalue weighted by atomic mass is 16.4. The third kappa shape index (κ3) is 2.24. The second-order valence-electron chi connectivity index (χ2n) is 4.58. The zero-order chi connectivity index (χ0) is 13.2. The first-order valence-corrected chi connectivity index (χ1v) is 6.34. The molecule has 0 amide bonds. The summed E-state index contributed by atoms with van der Waals surface area (Å²) in [4.78, 5) is 17.4. The van der Waals surface area contributed by atoms with Crippen LogP contribution in [0.2, 0.25) is 0 Å². The highest BCUT2D eigenvalue weighted by Crippen LogP contribution is 2.26. The van der Waals surface area contributed by atoms with Gasteiger partial charge in [-0.15, -0.1) is 0 Å². The summed E-state index contributed by atoms with van der Waals surface area (Å²) in [6.45, 7) is 3.85. The Bertz CT molecular complexity index is 621. The van der Waals surface area contributed by atoms with Crippen LogP contribution in [0.1, 0.15) is 10.5 Å². The number of rotatable bonds is 2. The lowest BCUT2D eigenvalue weighted by Crippen LogP contribution is -2.43. The van der Waals surface area contributed by atoms with Crippen LogP contribution >= 0.6 is 0 Å². The van der Waals surface area contributed by atoms with Gasteiger partial charge < -0.3 is 15.3 Å². The molecule has 1 aromatic carbocycles. The van der Waals surface area contributed by atoms with Crippen molar-refractivity contribution >= 4 is 22.6 Å². The highest BCUT2D eigenvalue weighted by Gasteiger charge is 2.14. The van der Waals surface area contributed by atoms with Gasteiger partial charge in [0.05, 0.1) is 5.52 Å². The molecule has 5 heteroatoms. The minimum Gasteiger partial charge on any atom is -0.477 e. The number of aromatic carboxylic acids is 1. The van der Waals surface area contributed by atoms with Crippen LogP contribution in [0.4, 0.5) is 5.69 Å². The summed E-state index contributed by atoms with van der Waals surface area (Å²) in [5.41, 5.74) is 1.95. The van der Waals surface area contributed by atoms with Crippen LogP contribution in [0.5, 0.6) is 0 Å². The fraction of sp³-hybridized carbons (Fsp3) is 0.286. The van der Waals surface area contributed by atoms with E-state index in [1.807, 2.05) is 18.2 Å². The minimum absolute atomic E-state index is 0.0879. The number of aromatic nitrogens is 1. The lowest BCUT2D eigenvalue weighted by molar-refractivity contribution is 0.0691. The van der Waals surface area contributed by atoms with Crippen molar-refractivity contribution in [2.75, 3.05) is 31.1 Å². The van der Waals surface area contributed by atoms with Crippen molar-refractivity contribution in [3.05, 3.63) is 36.0 Å². The Hall–Kier alpha value is -2.14. The van der Waals surface area contributed by atoms with Crippen molar-refractivity contribution in [1.29, 1.82) is 0 Å². The normalized spacial score (nSPS) is 15.7. The Morgan fingerprint density at radius 2 is 2.00 bits per heavy atom. The van der Waals surface area contributed by atoms with Crippen molar-refractivity contribution in [2.24, 2.45) is 0 Å². The van der Waals surface area contributed by atoms with Gasteiger partial charge in [0, 0.05) is 37.3 Å². The Morgan fingerprint density at radius 3 is 2.74 bits per heavy atom. The first-order valence-electron chi connectivity index (χ1n) is 6.34. The van der Waals surface area contributed by atoms with E-state index < -0.39 is 5.97 Å². The molecule has 0 saturated carbocycles. The van der Waals surface area contributed by atoms with Gasteiger partial charge in [0.1, 0.15) is 5.69 Å². The molecule has 2 aromatic rings. The number of piperazine rings is 1. The number of hydrogen-bond donors (Lipinski definition) is 2. The standard InChI is InChI=1S/C14H15N3O2/c18-14(19)12-5-4-10-11(16-12)2-1-3-13(10)17-8-6-15-7-9-17/h1-5,15H,6-9H2,(H,18,19). The fourth-order valence-corrected chi connectivity index (χ4v) is 2.44. The zero-order valence-electron chi connectivity index (χ0n) is 10.5. The van der Waals surface area contributed by atoms with E-state index in [2.05, 4.69) is 21.3 Å². The number of pyridine rings is 1. The maximum Gasteiger partial charge on any atom is 0.354 e. The molecule has 0 aliphatic carbocycles. The molecule has 1 saturated heterocycles. The van der Waals surface area contributed by atoms with E-state index in [0.29, 0.717) is 0 Å². The number of carboxylic acids is 1. The number of nitrogens with zero attached hydrogens (tertiary/aromatic N) is 2. The Balaban J connectivity index is 2.07. The topological polar surface area (TPSA) is 65.5 Å². The van der Waals surface area contributed by atoms with Crippen LogP contribution in [-0.4, -0.2) is 42.2 Å². The molecule has 1 aliphatic heterocycles. The molecule has 5 nitrogen and oxygen atoms in total. The van der Waals surface area contributed by atoms with Crippen LogP contribution in [0, 0.1) is 0 Å². The summed E-state index contributed by atoms with van der Waals surface area (Å²) < 4.78 is 0. The third-order valence-corrected chi connectivity index (χ3v) is 3.39. The van der Waals surface area contributed by atoms with Gasteiger partial charge in [0.15, 0.2) is 0 Å². The van der Waals surface area contributed by atoms with Crippen molar-refractivity contribution in [3.8, 4) is 0 Å². The molecule has 0 unspecified atom stereocenters. The number of benzene rings is 1. The van der Waals surface area contributed by atoms with Gasteiger partial charge in [0.2, 0.25) is 0 Å². The van der Waals surface area contributed by atoms with Gasteiger partial charge in [-0.05, 0) is 24.3 Å². The molecule has 1 aliphatic rings. The SMILES string of the molecule is O=C(O)c1ccc2c(N3CCNCC3)cccc2n1. The number of hydrogen-bond acceptors (Lipinski definition) is 4. The maximum atomic E-state index is 11.0. The Labute approximate surface area is 110 Å². The molecule has 0 atom stereocenters. The molecule has 3 rings (SSSR count). The van der Waals surface area contributed by atoms with Crippen molar-refractivity contribution < 1.29 is 9.90 Å². The molecule has 2 heterocycles. The van der Waals surface area contributed by atoms with Crippen LogP contribution in [0.15, 0.2) is 30.3 Å². The highest BCUT2D eigenvalue weighted by molar-refractivity contribution is 5.95. The van der Waals surface area contributed by atoms with E-state index in [1.54, 1.807) is 6.07 Å². The first-order chi connectivity index (χ1) is 9.25. The summed E-state index contributed by atoms with van der Waals surface area (Å²) in [5.74, 6) is -0.991. The van der Waals surface area contributed by atoms with E-state index in [-0.39, 0.29) is 5.69 Å². The van der Waals surface area contributed by atoms with E-state index in [1.165, 1.54) is 0 Å². The largest absolute Gasteiger partial charge is 0.477 e. The maximum absolute atomic E-state index is 11.0. The van der Waals surface area contributed by atoms with Crippen molar-refractivity contribution in [3.63, 3.8) is 0 Å². The third-order valence-electron chi connectivity index (χ3n) is 3.39. The van der Waals surface area contributed by atoms with Crippen molar-refractivity contribution in [2.45, 2.75) is 0 Å². The predicted molar refractivity (Wildman–Crippen MR) is 73.8 cm³/mol. The van der Waals surface area contributed by atoms with Gasteiger partial charge in [-0.3, -0.25) is 0 Å². The van der Waals surface area contributed by atoms with Gasteiger partial charge in [0.25, 0.3) is 0 Å². The monoisotopic (exact) mass is 257 g/mol. The summed E-state index contributed by atoms with van der Waals surface area (Å²) in [6.07, 6.45) is 0. The van der Waals surface area contributed by atoms with E-state index in [9.17, 15) is 4.79 Å². The Kier molecular flexibility index (Phi) is 3.05.